The van der Waals surface area contributed by atoms with Crippen LogP contribution in [0.25, 0.3) is 0 Å². The summed E-state index contributed by atoms with van der Waals surface area (Å²) in [5.41, 5.74) is 3.83. The third kappa shape index (κ3) is 4.33. The summed E-state index contributed by atoms with van der Waals surface area (Å²) in [4.78, 5) is 16.3. The quantitative estimate of drug-likeness (QED) is 0.456. The first-order valence-electron chi connectivity index (χ1n) is 7.12. The first kappa shape index (κ1) is 17.0. The van der Waals surface area contributed by atoms with Crippen molar-refractivity contribution in [2.45, 2.75) is 20.5 Å². The fraction of sp³-hybridized carbons (Fsp3) is 0.222. The predicted molar refractivity (Wildman–Crippen MR) is 91.1 cm³/mol. The van der Waals surface area contributed by atoms with Gasteiger partial charge in [0.15, 0.2) is 5.71 Å². The molecule has 0 unspecified atom stereocenters. The van der Waals surface area contributed by atoms with E-state index >= 15 is 0 Å². The van der Waals surface area contributed by atoms with Gasteiger partial charge in [-0.2, -0.15) is 0 Å². The van der Waals surface area contributed by atoms with Crippen molar-refractivity contribution in [3.05, 3.63) is 64.7 Å². The Hall–Kier alpha value is -2.33. The molecule has 2 aromatic carbocycles. The molecule has 0 aliphatic carbocycles. The van der Waals surface area contributed by atoms with Gasteiger partial charge in [-0.1, -0.05) is 35.5 Å². The largest absolute Gasteiger partial charge is 0.489 e. The molecular weight excluding hydrogens is 314 g/mol. The molecule has 0 aromatic heterocycles. The van der Waals surface area contributed by atoms with Crippen molar-refractivity contribution in [1.29, 1.82) is 0 Å². The lowest BCUT2D eigenvalue weighted by Gasteiger charge is -2.12. The van der Waals surface area contributed by atoms with Crippen LogP contribution in [0.1, 0.15) is 22.3 Å². The summed E-state index contributed by atoms with van der Waals surface area (Å²) in [6.45, 7) is 4.38. The number of carbonyl (C=O) groups is 1. The number of hydrogen-bond donors (Lipinski definition) is 0. The molecule has 2 aromatic rings. The molecule has 0 atom stereocenters. The minimum Gasteiger partial charge on any atom is -0.489 e. The van der Waals surface area contributed by atoms with Crippen molar-refractivity contribution >= 4 is 22.6 Å². The third-order valence-electron chi connectivity index (χ3n) is 3.51. The van der Waals surface area contributed by atoms with Crippen LogP contribution in [-0.2, 0) is 16.2 Å². The molecule has 0 fully saturated rings. The van der Waals surface area contributed by atoms with E-state index in [4.69, 9.17) is 21.2 Å². The van der Waals surface area contributed by atoms with Crippen molar-refractivity contribution in [2.24, 2.45) is 5.16 Å². The van der Waals surface area contributed by atoms with E-state index < -0.39 is 5.24 Å². The Balaban J connectivity index is 2.25. The number of halogens is 1. The van der Waals surface area contributed by atoms with E-state index in [1.165, 1.54) is 12.7 Å². The fourth-order valence-corrected chi connectivity index (χ4v) is 2.26. The van der Waals surface area contributed by atoms with E-state index in [-0.39, 0.29) is 5.71 Å². The van der Waals surface area contributed by atoms with Gasteiger partial charge in [-0.25, -0.2) is 0 Å². The lowest BCUT2D eigenvalue weighted by atomic mass is 10.0. The van der Waals surface area contributed by atoms with Crippen LogP contribution in [0.3, 0.4) is 0 Å². The number of rotatable bonds is 6. The number of ether oxygens (including phenoxy) is 1. The summed E-state index contributed by atoms with van der Waals surface area (Å²) in [5, 5.41) is 3.04. The SMILES string of the molecule is CO/N=C(/C(=O)Cl)c1ccccc1COc1ccc(C)c(C)c1. The zero-order chi connectivity index (χ0) is 16.8. The molecule has 0 N–H and O–H groups in total. The topological polar surface area (TPSA) is 47.9 Å². The van der Waals surface area contributed by atoms with Crippen LogP contribution in [-0.4, -0.2) is 18.1 Å². The molecule has 0 aliphatic heterocycles. The summed E-state index contributed by atoms with van der Waals surface area (Å²) in [7, 11) is 1.37. The highest BCUT2D eigenvalue weighted by Gasteiger charge is 2.16. The maximum absolute atomic E-state index is 11.6. The van der Waals surface area contributed by atoms with Gasteiger partial charge in [0.2, 0.25) is 0 Å². The third-order valence-corrected chi connectivity index (χ3v) is 3.69. The minimum atomic E-state index is -0.675. The predicted octanol–water partition coefficient (Wildman–Crippen LogP) is 4.00. The van der Waals surface area contributed by atoms with Crippen molar-refractivity contribution in [2.75, 3.05) is 7.11 Å². The molecule has 0 heterocycles. The molecule has 0 bridgehead atoms. The Kier molecular flexibility index (Phi) is 5.77. The number of benzene rings is 2. The number of hydrogen-bond acceptors (Lipinski definition) is 4. The maximum Gasteiger partial charge on any atom is 0.274 e. The van der Waals surface area contributed by atoms with Gasteiger partial charge in [0.25, 0.3) is 5.24 Å². The van der Waals surface area contributed by atoms with Gasteiger partial charge in [0, 0.05) is 5.56 Å². The van der Waals surface area contributed by atoms with Crippen LogP contribution in [0.2, 0.25) is 0 Å². The molecular formula is C18H18ClNO3. The van der Waals surface area contributed by atoms with Gasteiger partial charge in [-0.05, 0) is 54.3 Å². The summed E-state index contributed by atoms with van der Waals surface area (Å²) in [5.74, 6) is 0.769. The van der Waals surface area contributed by atoms with Crippen LogP contribution in [0.4, 0.5) is 0 Å². The second-order valence-corrected chi connectivity index (χ2v) is 5.43. The lowest BCUT2D eigenvalue weighted by molar-refractivity contribution is -0.106. The Labute approximate surface area is 140 Å². The molecule has 0 spiro atoms. The molecule has 0 saturated heterocycles. The first-order chi connectivity index (χ1) is 11.0. The van der Waals surface area contributed by atoms with Crippen molar-refractivity contribution in [1.82, 2.24) is 0 Å². The fourth-order valence-electron chi connectivity index (χ4n) is 2.12. The van der Waals surface area contributed by atoms with Gasteiger partial charge in [0.05, 0.1) is 0 Å². The van der Waals surface area contributed by atoms with E-state index in [0.717, 1.165) is 16.9 Å². The summed E-state index contributed by atoms with van der Waals surface area (Å²) >= 11 is 5.59. The number of aryl methyl sites for hydroxylation is 2. The number of nitrogens with zero attached hydrogens (tertiary/aromatic N) is 1. The molecule has 120 valence electrons. The van der Waals surface area contributed by atoms with Gasteiger partial charge >= 0.3 is 0 Å². The monoisotopic (exact) mass is 331 g/mol. The first-order valence-corrected chi connectivity index (χ1v) is 7.50. The van der Waals surface area contributed by atoms with Crippen LogP contribution < -0.4 is 4.74 Å². The molecule has 2 rings (SSSR count). The molecule has 5 heteroatoms. The van der Waals surface area contributed by atoms with E-state index in [9.17, 15) is 4.79 Å². The Morgan fingerprint density at radius 2 is 1.87 bits per heavy atom. The molecule has 0 amide bonds. The van der Waals surface area contributed by atoms with Crippen molar-refractivity contribution in [3.8, 4) is 5.75 Å². The van der Waals surface area contributed by atoms with E-state index in [1.54, 1.807) is 12.1 Å². The molecule has 0 aliphatic rings. The zero-order valence-corrected chi connectivity index (χ0v) is 14.1. The summed E-state index contributed by atoms with van der Waals surface area (Å²) in [6.07, 6.45) is 0. The van der Waals surface area contributed by atoms with Crippen molar-refractivity contribution < 1.29 is 14.4 Å². The molecule has 0 saturated carbocycles. The number of carbonyl (C=O) groups excluding carboxylic acids is 1. The maximum atomic E-state index is 11.6. The van der Waals surface area contributed by atoms with Gasteiger partial charge in [0.1, 0.15) is 19.5 Å². The summed E-state index contributed by atoms with van der Waals surface area (Å²) < 4.78 is 5.83. The average molecular weight is 332 g/mol. The average Bonchev–Trinajstić information content (AvgIpc) is 2.54. The zero-order valence-electron chi connectivity index (χ0n) is 13.3. The Morgan fingerprint density at radius 1 is 1.13 bits per heavy atom. The van der Waals surface area contributed by atoms with E-state index in [2.05, 4.69) is 5.16 Å². The molecule has 23 heavy (non-hydrogen) atoms. The van der Waals surface area contributed by atoms with Crippen LogP contribution >= 0.6 is 11.6 Å². The lowest BCUT2D eigenvalue weighted by Crippen LogP contribution is -2.14. The normalized spacial score (nSPS) is 11.2. The highest BCUT2D eigenvalue weighted by molar-refractivity contribution is 6.84. The number of oxime groups is 1. The second-order valence-electron chi connectivity index (χ2n) is 5.09. The second kappa shape index (κ2) is 7.79. The van der Waals surface area contributed by atoms with Crippen LogP contribution in [0.5, 0.6) is 5.75 Å². The minimum absolute atomic E-state index is 0.0634. The Bertz CT molecular complexity index is 741. The van der Waals surface area contributed by atoms with Gasteiger partial charge < -0.3 is 9.57 Å². The highest BCUT2D eigenvalue weighted by Crippen LogP contribution is 2.19. The molecule has 4 nitrogen and oxygen atoms in total. The van der Waals surface area contributed by atoms with Crippen LogP contribution in [0.15, 0.2) is 47.6 Å². The van der Waals surface area contributed by atoms with Crippen molar-refractivity contribution in [3.63, 3.8) is 0 Å². The van der Waals surface area contributed by atoms with Gasteiger partial charge in [-0.3, -0.25) is 4.79 Å². The summed E-state index contributed by atoms with van der Waals surface area (Å²) in [6, 6.07) is 13.2. The van der Waals surface area contributed by atoms with E-state index in [0.29, 0.717) is 12.2 Å². The highest BCUT2D eigenvalue weighted by atomic mass is 35.5. The Morgan fingerprint density at radius 3 is 2.52 bits per heavy atom. The smallest absolute Gasteiger partial charge is 0.274 e. The molecule has 0 radical (unpaired) electrons. The van der Waals surface area contributed by atoms with E-state index in [1.807, 2.05) is 44.2 Å². The standard InChI is InChI=1S/C18H18ClNO3/c1-12-8-9-15(10-13(12)2)23-11-14-6-4-5-7-16(14)17(18(19)21)20-22-3/h4-10H,11H2,1-3H3/b20-17+. The van der Waals surface area contributed by atoms with Crippen LogP contribution in [0, 0.1) is 13.8 Å². The van der Waals surface area contributed by atoms with Gasteiger partial charge in [-0.15, -0.1) is 0 Å².